The number of carbonyl (C=O) groups is 1. The van der Waals surface area contributed by atoms with Gasteiger partial charge >= 0.3 is 5.82 Å². The lowest BCUT2D eigenvalue weighted by atomic mass is 10.1. The molecule has 3 rings (SSSR count). The molecule has 0 fully saturated rings. The van der Waals surface area contributed by atoms with E-state index in [1.807, 2.05) is 24.3 Å². The standard InChI is InChI=1S/C18H19N5O4/c1-4-13-5-7-14(8-6-13)19-18(24)17-15(12(3)27-21-17)10-22-11(2)9-16(20-22)23(25)26/h5-9H,4,10H2,1-3H3,(H,19,24). The smallest absolute Gasteiger partial charge is 0.361 e. The molecular formula is C18H19N5O4. The topological polar surface area (TPSA) is 116 Å². The van der Waals surface area contributed by atoms with Gasteiger partial charge in [0.2, 0.25) is 0 Å². The molecule has 3 aromatic rings. The molecule has 2 heterocycles. The van der Waals surface area contributed by atoms with Crippen LogP contribution in [-0.4, -0.2) is 25.8 Å². The molecule has 0 saturated carbocycles. The fourth-order valence-corrected chi connectivity index (χ4v) is 2.66. The van der Waals surface area contributed by atoms with E-state index in [0.717, 1.165) is 6.42 Å². The van der Waals surface area contributed by atoms with Crippen LogP contribution in [0.5, 0.6) is 0 Å². The van der Waals surface area contributed by atoms with Gasteiger partial charge in [-0.1, -0.05) is 24.2 Å². The molecule has 0 saturated heterocycles. The van der Waals surface area contributed by atoms with E-state index < -0.39 is 10.8 Å². The number of nitrogens with zero attached hydrogens (tertiary/aromatic N) is 4. The number of amides is 1. The van der Waals surface area contributed by atoms with Gasteiger partial charge in [0.05, 0.1) is 29.0 Å². The van der Waals surface area contributed by atoms with Crippen LogP contribution >= 0.6 is 0 Å². The van der Waals surface area contributed by atoms with Crippen LogP contribution in [-0.2, 0) is 13.0 Å². The minimum atomic E-state index is -0.558. The normalized spacial score (nSPS) is 10.8. The van der Waals surface area contributed by atoms with Crippen molar-refractivity contribution < 1.29 is 14.2 Å². The molecule has 0 radical (unpaired) electrons. The lowest BCUT2D eigenvalue weighted by molar-refractivity contribution is -0.389. The molecule has 0 unspecified atom stereocenters. The predicted molar refractivity (Wildman–Crippen MR) is 97.7 cm³/mol. The summed E-state index contributed by atoms with van der Waals surface area (Å²) in [5.74, 6) is -0.201. The molecule has 0 bridgehead atoms. The third kappa shape index (κ3) is 3.86. The maximum absolute atomic E-state index is 12.6. The Hall–Kier alpha value is -3.49. The van der Waals surface area contributed by atoms with Crippen molar-refractivity contribution in [2.24, 2.45) is 0 Å². The number of nitrogens with one attached hydrogen (secondary N) is 1. The van der Waals surface area contributed by atoms with Crippen LogP contribution in [0.25, 0.3) is 0 Å². The molecule has 27 heavy (non-hydrogen) atoms. The molecule has 140 valence electrons. The van der Waals surface area contributed by atoms with E-state index in [4.69, 9.17) is 4.52 Å². The second kappa shape index (κ2) is 7.40. The number of rotatable bonds is 6. The molecular weight excluding hydrogens is 350 g/mol. The van der Waals surface area contributed by atoms with Crippen molar-refractivity contribution in [3.8, 4) is 0 Å². The molecule has 0 spiro atoms. The summed E-state index contributed by atoms with van der Waals surface area (Å²) in [5.41, 5.74) is 3.07. The Kier molecular flexibility index (Phi) is 5.02. The van der Waals surface area contributed by atoms with Crippen LogP contribution in [0.4, 0.5) is 11.5 Å². The first-order valence-electron chi connectivity index (χ1n) is 8.43. The van der Waals surface area contributed by atoms with Crippen LogP contribution in [0.15, 0.2) is 34.9 Å². The number of aryl methyl sites for hydroxylation is 3. The molecule has 1 aromatic carbocycles. The highest BCUT2D eigenvalue weighted by atomic mass is 16.6. The highest BCUT2D eigenvalue weighted by molar-refractivity contribution is 6.03. The maximum atomic E-state index is 12.6. The summed E-state index contributed by atoms with van der Waals surface area (Å²) < 4.78 is 6.62. The van der Waals surface area contributed by atoms with Gasteiger partial charge in [-0.25, -0.2) is 0 Å². The first kappa shape index (κ1) is 18.3. The minimum Gasteiger partial charge on any atom is -0.361 e. The SMILES string of the molecule is CCc1ccc(NC(=O)c2noc(C)c2Cn2nc([N+](=O)[O-])cc2C)cc1. The number of nitro groups is 1. The molecule has 1 amide bonds. The van der Waals surface area contributed by atoms with Crippen LogP contribution in [0.2, 0.25) is 0 Å². The van der Waals surface area contributed by atoms with Crippen molar-refractivity contribution >= 4 is 17.4 Å². The fraction of sp³-hybridized carbons (Fsp3) is 0.278. The first-order chi connectivity index (χ1) is 12.9. The summed E-state index contributed by atoms with van der Waals surface area (Å²) in [5, 5.41) is 21.5. The van der Waals surface area contributed by atoms with Gasteiger partial charge in [0.15, 0.2) is 5.69 Å². The third-order valence-corrected chi connectivity index (χ3v) is 4.28. The Labute approximate surface area is 155 Å². The molecule has 9 heteroatoms. The number of benzene rings is 1. The summed E-state index contributed by atoms with van der Waals surface area (Å²) in [6.07, 6.45) is 0.913. The Bertz CT molecular complexity index is 988. The summed E-state index contributed by atoms with van der Waals surface area (Å²) in [7, 11) is 0. The van der Waals surface area contributed by atoms with Gasteiger partial charge in [-0.3, -0.25) is 4.79 Å². The van der Waals surface area contributed by atoms with Crippen molar-refractivity contribution in [2.45, 2.75) is 33.7 Å². The molecule has 0 aliphatic heterocycles. The number of hydrogen-bond acceptors (Lipinski definition) is 6. The lowest BCUT2D eigenvalue weighted by Crippen LogP contribution is -2.16. The molecule has 0 atom stereocenters. The largest absolute Gasteiger partial charge is 0.390 e. The van der Waals surface area contributed by atoms with E-state index in [9.17, 15) is 14.9 Å². The third-order valence-electron chi connectivity index (χ3n) is 4.28. The van der Waals surface area contributed by atoms with Gasteiger partial charge in [0.25, 0.3) is 5.91 Å². The van der Waals surface area contributed by atoms with E-state index in [1.54, 1.807) is 13.8 Å². The Morgan fingerprint density at radius 2 is 2.00 bits per heavy atom. The number of hydrogen-bond donors (Lipinski definition) is 1. The first-order valence-corrected chi connectivity index (χ1v) is 8.43. The summed E-state index contributed by atoms with van der Waals surface area (Å²) in [6.45, 7) is 5.59. The summed E-state index contributed by atoms with van der Waals surface area (Å²) in [6, 6.07) is 8.90. The quantitative estimate of drug-likeness (QED) is 0.526. The van der Waals surface area contributed by atoms with Crippen LogP contribution in [0, 0.1) is 24.0 Å². The van der Waals surface area contributed by atoms with E-state index in [2.05, 4.69) is 22.5 Å². The average molecular weight is 369 g/mol. The van der Waals surface area contributed by atoms with Crippen LogP contribution < -0.4 is 5.32 Å². The highest BCUT2D eigenvalue weighted by Gasteiger charge is 2.23. The predicted octanol–water partition coefficient (Wildman–Crippen LogP) is 3.26. The molecule has 0 aliphatic carbocycles. The maximum Gasteiger partial charge on any atom is 0.390 e. The fourth-order valence-electron chi connectivity index (χ4n) is 2.66. The van der Waals surface area contributed by atoms with E-state index in [1.165, 1.54) is 16.3 Å². The average Bonchev–Trinajstić information content (AvgIpc) is 3.19. The van der Waals surface area contributed by atoms with E-state index in [0.29, 0.717) is 22.7 Å². The van der Waals surface area contributed by atoms with Gasteiger partial charge in [-0.15, -0.1) is 0 Å². The molecule has 0 aliphatic rings. The summed E-state index contributed by atoms with van der Waals surface area (Å²) >= 11 is 0. The number of anilines is 1. The van der Waals surface area contributed by atoms with Crippen molar-refractivity contribution in [3.63, 3.8) is 0 Å². The summed E-state index contributed by atoms with van der Waals surface area (Å²) in [4.78, 5) is 23.0. The Morgan fingerprint density at radius 3 is 2.59 bits per heavy atom. The van der Waals surface area contributed by atoms with Gasteiger partial charge in [0.1, 0.15) is 5.76 Å². The second-order valence-corrected chi connectivity index (χ2v) is 6.13. The minimum absolute atomic E-state index is 0.129. The van der Waals surface area contributed by atoms with Crippen molar-refractivity contribution in [1.29, 1.82) is 0 Å². The molecule has 9 nitrogen and oxygen atoms in total. The van der Waals surface area contributed by atoms with Gasteiger partial charge in [-0.05, 0) is 42.9 Å². The zero-order valence-corrected chi connectivity index (χ0v) is 15.2. The van der Waals surface area contributed by atoms with Crippen molar-refractivity contribution in [2.75, 3.05) is 5.32 Å². The van der Waals surface area contributed by atoms with Gasteiger partial charge < -0.3 is 20.0 Å². The van der Waals surface area contributed by atoms with Crippen molar-refractivity contribution in [1.82, 2.24) is 14.9 Å². The zero-order valence-electron chi connectivity index (χ0n) is 15.2. The zero-order chi connectivity index (χ0) is 19.6. The number of aromatic nitrogens is 3. The highest BCUT2D eigenvalue weighted by Crippen LogP contribution is 2.20. The lowest BCUT2D eigenvalue weighted by Gasteiger charge is -2.06. The monoisotopic (exact) mass is 369 g/mol. The van der Waals surface area contributed by atoms with Gasteiger partial charge in [0, 0.05) is 5.69 Å². The van der Waals surface area contributed by atoms with E-state index >= 15 is 0 Å². The van der Waals surface area contributed by atoms with Crippen LogP contribution in [0.3, 0.4) is 0 Å². The molecule has 1 N–H and O–H groups in total. The Balaban J connectivity index is 1.83. The van der Waals surface area contributed by atoms with Crippen LogP contribution in [0.1, 0.15) is 40.0 Å². The van der Waals surface area contributed by atoms with Crippen molar-refractivity contribution in [3.05, 3.63) is 68.7 Å². The van der Waals surface area contributed by atoms with E-state index in [-0.39, 0.29) is 18.1 Å². The Morgan fingerprint density at radius 1 is 1.30 bits per heavy atom. The number of carbonyl (C=O) groups excluding carboxylic acids is 1. The second-order valence-electron chi connectivity index (χ2n) is 6.13. The molecule has 2 aromatic heterocycles. The van der Waals surface area contributed by atoms with Gasteiger partial charge in [-0.2, -0.15) is 4.68 Å².